The summed E-state index contributed by atoms with van der Waals surface area (Å²) >= 11 is 8.29. The molecule has 1 saturated heterocycles. The maximum Gasteiger partial charge on any atom is 0.356 e. The van der Waals surface area contributed by atoms with Crippen molar-refractivity contribution in [3.05, 3.63) is 88.9 Å². The van der Waals surface area contributed by atoms with Gasteiger partial charge in [-0.25, -0.2) is 9.59 Å². The number of benzene rings is 2. The highest BCUT2D eigenvalue weighted by atomic mass is 35.5. The monoisotopic (exact) mass is 642 g/mol. The number of fused-ring (bicyclic) bond motifs is 1. The van der Waals surface area contributed by atoms with E-state index in [1.54, 1.807) is 0 Å². The van der Waals surface area contributed by atoms with Crippen LogP contribution in [0.5, 0.6) is 0 Å². The lowest BCUT2D eigenvalue weighted by Gasteiger charge is -2.49. The third-order valence-corrected chi connectivity index (χ3v) is 8.54. The number of oxime groups is 1. The predicted molar refractivity (Wildman–Crippen MR) is 158 cm³/mol. The van der Waals surface area contributed by atoms with Crippen LogP contribution in [0.15, 0.2) is 77.1 Å². The average molecular weight is 643 g/mol. The van der Waals surface area contributed by atoms with Crippen LogP contribution in [-0.2, 0) is 28.8 Å². The van der Waals surface area contributed by atoms with Gasteiger partial charge in [-0.05, 0) is 16.7 Å². The van der Waals surface area contributed by atoms with Gasteiger partial charge in [0.05, 0.1) is 0 Å². The predicted octanol–water partition coefficient (Wildman–Crippen LogP) is 2.15. The van der Waals surface area contributed by atoms with Gasteiger partial charge >= 0.3 is 11.9 Å². The Hall–Kier alpha value is -4.47. The van der Waals surface area contributed by atoms with Crippen molar-refractivity contribution in [2.75, 3.05) is 24.0 Å². The molecule has 1 aromatic heterocycles. The molecule has 0 bridgehead atoms. The number of alkyl halides is 1. The number of amides is 2. The van der Waals surface area contributed by atoms with E-state index in [1.165, 1.54) is 16.7 Å². The van der Waals surface area contributed by atoms with Gasteiger partial charge in [0.1, 0.15) is 17.1 Å². The number of carboxylic acid groups (broad SMARTS) is 1. The molecule has 0 unspecified atom stereocenters. The molecule has 2 aromatic carbocycles. The summed E-state index contributed by atoms with van der Waals surface area (Å²) in [7, 11) is 0. The first kappa shape index (κ1) is 30.0. The minimum atomic E-state index is -1.32. The van der Waals surface area contributed by atoms with Gasteiger partial charge in [0.15, 0.2) is 11.2 Å². The van der Waals surface area contributed by atoms with Crippen LogP contribution in [0, 0.1) is 0 Å². The highest BCUT2D eigenvalue weighted by Crippen LogP contribution is 2.42. The summed E-state index contributed by atoms with van der Waals surface area (Å²) < 4.78 is 9.94. The van der Waals surface area contributed by atoms with Crippen LogP contribution in [-0.4, -0.2) is 78.5 Å². The molecule has 3 aromatic rings. The van der Waals surface area contributed by atoms with Gasteiger partial charge in [-0.2, -0.15) is 9.36 Å². The number of ether oxygens (including phenoxy) is 1. The molecule has 0 spiro atoms. The second-order valence-corrected chi connectivity index (χ2v) is 11.3. The number of β-lactam (4-membered cyclic amide) rings is 1. The van der Waals surface area contributed by atoms with Gasteiger partial charge in [0.2, 0.25) is 18.1 Å². The minimum Gasteiger partial charge on any atom is -0.479 e. The van der Waals surface area contributed by atoms with Crippen LogP contribution in [0.25, 0.3) is 0 Å². The summed E-state index contributed by atoms with van der Waals surface area (Å²) in [5.41, 5.74) is 7.17. The van der Waals surface area contributed by atoms with E-state index in [0.29, 0.717) is 11.3 Å². The standard InChI is InChI=1S/C27H23ClN6O7S2/c28-11-16-13-42-25-19(30-23(37)18(32-40-12-17(35)36)22-31-27(29)43-33-22)24(38)34(25)20(16)26(39)41-21(14-7-3-1-4-8-14)15-9-5-2-6-10-15/h1-10,19,21,25H,11-13H2,(H,30,37)(H,35,36)(H2,29,31,33)/b32-18+/t19-,25-/m1/s1. The molecule has 222 valence electrons. The van der Waals surface area contributed by atoms with Crippen molar-refractivity contribution in [3.63, 3.8) is 0 Å². The number of thioether (sulfide) groups is 1. The summed E-state index contributed by atoms with van der Waals surface area (Å²) in [5.74, 6) is -3.43. The molecule has 4 N–H and O–H groups in total. The van der Waals surface area contributed by atoms with Crippen molar-refractivity contribution in [2.45, 2.75) is 17.5 Å². The fraction of sp³-hybridized carbons (Fsp3) is 0.222. The third kappa shape index (κ3) is 6.48. The van der Waals surface area contributed by atoms with Crippen LogP contribution in [0.1, 0.15) is 23.1 Å². The Kier molecular flexibility index (Phi) is 9.23. The molecule has 43 heavy (non-hydrogen) atoms. The average Bonchev–Trinajstić information content (AvgIpc) is 3.45. The molecule has 1 fully saturated rings. The lowest BCUT2D eigenvalue weighted by atomic mass is 10.0. The van der Waals surface area contributed by atoms with Gasteiger partial charge < -0.3 is 25.7 Å². The zero-order chi connectivity index (χ0) is 30.5. The van der Waals surface area contributed by atoms with E-state index in [4.69, 9.17) is 32.0 Å². The fourth-order valence-corrected chi connectivity index (χ4v) is 6.51. The number of nitrogens with two attached hydrogens (primary N) is 1. The maximum absolute atomic E-state index is 13.7. The molecule has 2 aliphatic heterocycles. The Balaban J connectivity index is 1.36. The topological polar surface area (TPSA) is 186 Å². The number of nitrogens with one attached hydrogen (secondary N) is 1. The van der Waals surface area contributed by atoms with Crippen LogP contribution in [0.3, 0.4) is 0 Å². The molecular formula is C27H23ClN6O7S2. The number of rotatable bonds is 11. The van der Waals surface area contributed by atoms with Gasteiger partial charge in [0, 0.05) is 23.2 Å². The first-order valence-corrected chi connectivity index (χ1v) is 15.0. The molecule has 5 rings (SSSR count). The first-order chi connectivity index (χ1) is 20.8. The summed E-state index contributed by atoms with van der Waals surface area (Å²) in [5, 5.41) is 14.3. The van der Waals surface area contributed by atoms with Gasteiger partial charge in [0.25, 0.3) is 11.8 Å². The number of halogens is 1. The van der Waals surface area contributed by atoms with E-state index in [2.05, 4.69) is 19.8 Å². The van der Waals surface area contributed by atoms with Crippen molar-refractivity contribution in [1.29, 1.82) is 0 Å². The molecule has 0 saturated carbocycles. The van der Waals surface area contributed by atoms with E-state index >= 15 is 0 Å². The van der Waals surface area contributed by atoms with Crippen molar-refractivity contribution in [2.24, 2.45) is 5.16 Å². The summed E-state index contributed by atoms with van der Waals surface area (Å²) in [6, 6.07) is 17.3. The number of carboxylic acids is 1. The van der Waals surface area contributed by atoms with Crippen molar-refractivity contribution >= 4 is 69.5 Å². The zero-order valence-corrected chi connectivity index (χ0v) is 24.5. The fourth-order valence-electron chi connectivity index (χ4n) is 4.40. The number of anilines is 1. The molecule has 2 aliphatic rings. The quantitative estimate of drug-likeness (QED) is 0.0914. The number of carbonyl (C=O) groups is 4. The first-order valence-electron chi connectivity index (χ1n) is 12.6. The molecule has 13 nitrogen and oxygen atoms in total. The van der Waals surface area contributed by atoms with Crippen LogP contribution < -0.4 is 11.1 Å². The van der Waals surface area contributed by atoms with Crippen LogP contribution in [0.4, 0.5) is 5.13 Å². The normalized spacial score (nSPS) is 18.1. The number of nitrogens with zero attached hydrogens (tertiary/aromatic N) is 4. The second-order valence-electron chi connectivity index (χ2n) is 9.12. The lowest BCUT2D eigenvalue weighted by Crippen LogP contribution is -2.71. The number of carbonyl (C=O) groups excluding carboxylic acids is 3. The summed E-state index contributed by atoms with van der Waals surface area (Å²) in [6.07, 6.45) is -0.749. The molecule has 0 aliphatic carbocycles. The Morgan fingerprint density at radius 3 is 2.35 bits per heavy atom. The number of hydrogen-bond donors (Lipinski definition) is 3. The Bertz CT molecular complexity index is 1560. The number of hydrogen-bond acceptors (Lipinski definition) is 12. The molecule has 16 heteroatoms. The van der Waals surface area contributed by atoms with E-state index in [9.17, 15) is 19.2 Å². The summed E-state index contributed by atoms with van der Waals surface area (Å²) in [4.78, 5) is 61.0. The van der Waals surface area contributed by atoms with Crippen LogP contribution >= 0.6 is 34.9 Å². The van der Waals surface area contributed by atoms with Gasteiger partial charge in [-0.1, -0.05) is 65.8 Å². The molecule has 3 heterocycles. The van der Waals surface area contributed by atoms with Crippen molar-refractivity contribution < 1.29 is 33.9 Å². The minimum absolute atomic E-state index is 0.0130. The van der Waals surface area contributed by atoms with Crippen LogP contribution in [0.2, 0.25) is 0 Å². The Morgan fingerprint density at radius 2 is 1.79 bits per heavy atom. The SMILES string of the molecule is Nc1nc(/C(=N\OCC(=O)O)C(=O)N[C@@H]2C(=O)N3C(C(=O)OC(c4ccccc4)c4ccccc4)=C(CCl)CS[C@H]23)ns1. The molecule has 0 radical (unpaired) electrons. The highest BCUT2D eigenvalue weighted by Gasteiger charge is 2.55. The largest absolute Gasteiger partial charge is 0.479 e. The molecular weight excluding hydrogens is 620 g/mol. The molecule has 2 amide bonds. The number of aliphatic carboxylic acids is 1. The Morgan fingerprint density at radius 1 is 1.14 bits per heavy atom. The smallest absolute Gasteiger partial charge is 0.356 e. The second kappa shape index (κ2) is 13.2. The van der Waals surface area contributed by atoms with E-state index in [-0.39, 0.29) is 22.5 Å². The zero-order valence-electron chi connectivity index (χ0n) is 22.1. The maximum atomic E-state index is 13.7. The molecule has 2 atom stereocenters. The van der Waals surface area contributed by atoms with E-state index < -0.39 is 53.6 Å². The lowest BCUT2D eigenvalue weighted by molar-refractivity contribution is -0.154. The highest BCUT2D eigenvalue weighted by molar-refractivity contribution is 8.00. The van der Waals surface area contributed by atoms with Crippen molar-refractivity contribution in [3.8, 4) is 0 Å². The third-order valence-electron chi connectivity index (χ3n) is 6.33. The van der Waals surface area contributed by atoms with Crippen molar-refractivity contribution in [1.82, 2.24) is 19.6 Å². The number of nitrogen functional groups attached to an aromatic ring is 1. The van der Waals surface area contributed by atoms with Gasteiger partial charge in [-0.3, -0.25) is 14.5 Å². The van der Waals surface area contributed by atoms with Gasteiger partial charge in [-0.15, -0.1) is 23.4 Å². The number of aromatic nitrogens is 2. The Labute approximate surface area is 257 Å². The van der Waals surface area contributed by atoms with E-state index in [1.807, 2.05) is 60.7 Å². The number of esters is 1. The van der Waals surface area contributed by atoms with E-state index in [0.717, 1.165) is 22.7 Å². The summed E-state index contributed by atoms with van der Waals surface area (Å²) in [6.45, 7) is -0.824.